The number of nitrogens with zero attached hydrogens (tertiary/aromatic N) is 1. The summed E-state index contributed by atoms with van der Waals surface area (Å²) in [7, 11) is 0. The average molecular weight is 320 g/mol. The maximum Gasteiger partial charge on any atom is 0.269 e. The lowest BCUT2D eigenvalue weighted by molar-refractivity contribution is -0.384. The van der Waals surface area contributed by atoms with E-state index in [1.165, 1.54) is 30.3 Å². The molecule has 0 saturated carbocycles. The minimum atomic E-state index is -0.973. The van der Waals surface area contributed by atoms with Crippen LogP contribution in [0.25, 0.3) is 0 Å². The second-order valence-corrected chi connectivity index (χ2v) is 5.06. The van der Waals surface area contributed by atoms with Crippen LogP contribution in [-0.4, -0.2) is 10.8 Å². The smallest absolute Gasteiger partial charge is 0.269 e. The highest BCUT2D eigenvalue weighted by atomic mass is 19.2. The molecule has 1 N–H and O–H groups in total. The third kappa shape index (κ3) is 4.32. The first-order valence-electron chi connectivity index (χ1n) is 6.84. The van der Waals surface area contributed by atoms with Gasteiger partial charge in [0, 0.05) is 12.1 Å². The van der Waals surface area contributed by atoms with E-state index in [0.29, 0.717) is 11.1 Å². The van der Waals surface area contributed by atoms with Crippen molar-refractivity contribution in [2.75, 3.05) is 0 Å². The molecule has 0 fully saturated rings. The highest BCUT2D eigenvalue weighted by molar-refractivity contribution is 5.79. The van der Waals surface area contributed by atoms with Crippen LogP contribution in [0.3, 0.4) is 0 Å². The molecule has 120 valence electrons. The van der Waals surface area contributed by atoms with Crippen LogP contribution in [0.4, 0.5) is 14.5 Å². The number of hydrogen-bond acceptors (Lipinski definition) is 3. The number of benzene rings is 2. The first-order valence-corrected chi connectivity index (χ1v) is 6.84. The van der Waals surface area contributed by atoms with Crippen LogP contribution in [0, 0.1) is 21.7 Å². The van der Waals surface area contributed by atoms with Gasteiger partial charge in [-0.25, -0.2) is 8.78 Å². The summed E-state index contributed by atoms with van der Waals surface area (Å²) in [4.78, 5) is 22.0. The van der Waals surface area contributed by atoms with Crippen LogP contribution in [0.2, 0.25) is 0 Å². The Hall–Kier alpha value is -2.83. The van der Waals surface area contributed by atoms with Gasteiger partial charge in [0.05, 0.1) is 17.4 Å². The summed E-state index contributed by atoms with van der Waals surface area (Å²) in [6.45, 7) is 1.65. The van der Waals surface area contributed by atoms with Gasteiger partial charge in [-0.3, -0.25) is 14.9 Å². The number of rotatable bonds is 5. The normalized spacial score (nSPS) is 11.8. The van der Waals surface area contributed by atoms with Crippen molar-refractivity contribution in [3.8, 4) is 0 Å². The number of non-ortho nitro benzene ring substituents is 1. The Bertz CT molecular complexity index is 733. The summed E-state index contributed by atoms with van der Waals surface area (Å²) in [5.74, 6) is -2.24. The quantitative estimate of drug-likeness (QED) is 0.678. The predicted molar refractivity (Wildman–Crippen MR) is 79.7 cm³/mol. The van der Waals surface area contributed by atoms with E-state index < -0.39 is 22.6 Å². The molecule has 0 aliphatic rings. The molecule has 0 saturated heterocycles. The van der Waals surface area contributed by atoms with Crippen molar-refractivity contribution in [3.05, 3.63) is 75.3 Å². The van der Waals surface area contributed by atoms with Gasteiger partial charge in [-0.05, 0) is 30.2 Å². The van der Waals surface area contributed by atoms with Gasteiger partial charge in [-0.15, -0.1) is 0 Å². The molecular weight excluding hydrogens is 306 g/mol. The fourth-order valence-corrected chi connectivity index (χ4v) is 2.08. The van der Waals surface area contributed by atoms with Crippen molar-refractivity contribution in [2.45, 2.75) is 19.4 Å². The van der Waals surface area contributed by atoms with Crippen molar-refractivity contribution in [1.29, 1.82) is 0 Å². The standard InChI is InChI=1S/C16H14F2N2O3/c1-10(12-4-7-14(17)15(18)9-12)19-16(21)8-11-2-5-13(6-3-11)20(22)23/h2-7,9-10H,8H2,1H3,(H,19,21). The molecule has 2 rings (SSSR count). The van der Waals surface area contributed by atoms with Gasteiger partial charge >= 0.3 is 0 Å². The molecule has 2 aromatic rings. The monoisotopic (exact) mass is 320 g/mol. The molecule has 0 spiro atoms. The first kappa shape index (κ1) is 16.5. The average Bonchev–Trinajstić information content (AvgIpc) is 2.50. The molecule has 23 heavy (non-hydrogen) atoms. The Labute approximate surface area is 131 Å². The molecule has 0 aliphatic heterocycles. The number of hydrogen-bond donors (Lipinski definition) is 1. The van der Waals surface area contributed by atoms with E-state index in [2.05, 4.69) is 5.32 Å². The van der Waals surface area contributed by atoms with Crippen molar-refractivity contribution < 1.29 is 18.5 Å². The Morgan fingerprint density at radius 3 is 2.39 bits per heavy atom. The van der Waals surface area contributed by atoms with Gasteiger partial charge in [-0.1, -0.05) is 18.2 Å². The minimum Gasteiger partial charge on any atom is -0.349 e. The second-order valence-electron chi connectivity index (χ2n) is 5.06. The molecule has 0 radical (unpaired) electrons. The SMILES string of the molecule is CC(NC(=O)Cc1ccc([N+](=O)[O-])cc1)c1ccc(F)c(F)c1. The third-order valence-corrected chi connectivity index (χ3v) is 3.33. The van der Waals surface area contributed by atoms with E-state index in [4.69, 9.17) is 0 Å². The molecular formula is C16H14F2N2O3. The van der Waals surface area contributed by atoms with E-state index >= 15 is 0 Å². The molecule has 0 bridgehead atoms. The van der Waals surface area contributed by atoms with Crippen LogP contribution in [0.15, 0.2) is 42.5 Å². The Morgan fingerprint density at radius 1 is 1.17 bits per heavy atom. The third-order valence-electron chi connectivity index (χ3n) is 3.33. The fraction of sp³-hybridized carbons (Fsp3) is 0.188. The van der Waals surface area contributed by atoms with Gasteiger partial charge in [0.25, 0.3) is 5.69 Å². The van der Waals surface area contributed by atoms with E-state index in [1.807, 2.05) is 0 Å². The highest BCUT2D eigenvalue weighted by Crippen LogP contribution is 2.17. The summed E-state index contributed by atoms with van der Waals surface area (Å²) in [6.07, 6.45) is 0.0337. The predicted octanol–water partition coefficient (Wildman–Crippen LogP) is 3.29. The number of halogens is 2. The van der Waals surface area contributed by atoms with E-state index in [0.717, 1.165) is 12.1 Å². The number of nitro groups is 1. The molecule has 1 atom stereocenters. The molecule has 0 aromatic heterocycles. The van der Waals surface area contributed by atoms with E-state index in [1.54, 1.807) is 6.92 Å². The molecule has 5 nitrogen and oxygen atoms in total. The van der Waals surface area contributed by atoms with Gasteiger partial charge < -0.3 is 5.32 Å². The first-order chi connectivity index (χ1) is 10.9. The lowest BCUT2D eigenvalue weighted by Crippen LogP contribution is -2.28. The topological polar surface area (TPSA) is 72.2 Å². The zero-order chi connectivity index (χ0) is 17.0. The van der Waals surface area contributed by atoms with E-state index in [9.17, 15) is 23.7 Å². The summed E-state index contributed by atoms with van der Waals surface area (Å²) in [5, 5.41) is 13.2. The summed E-state index contributed by atoms with van der Waals surface area (Å²) >= 11 is 0. The van der Waals surface area contributed by atoms with Crippen molar-refractivity contribution in [3.63, 3.8) is 0 Å². The maximum absolute atomic E-state index is 13.2. The molecule has 1 unspecified atom stereocenters. The lowest BCUT2D eigenvalue weighted by Gasteiger charge is -2.14. The molecule has 2 aromatic carbocycles. The maximum atomic E-state index is 13.2. The molecule has 1 amide bonds. The largest absolute Gasteiger partial charge is 0.349 e. The molecule has 7 heteroatoms. The zero-order valence-electron chi connectivity index (χ0n) is 12.3. The van der Waals surface area contributed by atoms with Crippen LogP contribution >= 0.6 is 0 Å². The van der Waals surface area contributed by atoms with Crippen LogP contribution < -0.4 is 5.32 Å². The van der Waals surface area contributed by atoms with Gasteiger partial charge in [0.2, 0.25) is 5.91 Å². The second kappa shape index (κ2) is 6.95. The Morgan fingerprint density at radius 2 is 1.83 bits per heavy atom. The van der Waals surface area contributed by atoms with Crippen molar-refractivity contribution in [1.82, 2.24) is 5.32 Å². The number of nitrogens with one attached hydrogen (secondary N) is 1. The van der Waals surface area contributed by atoms with Gasteiger partial charge in [-0.2, -0.15) is 0 Å². The highest BCUT2D eigenvalue weighted by Gasteiger charge is 2.13. The zero-order valence-corrected chi connectivity index (χ0v) is 12.3. The van der Waals surface area contributed by atoms with Crippen LogP contribution in [0.1, 0.15) is 24.1 Å². The molecule has 0 aliphatic carbocycles. The summed E-state index contributed by atoms with van der Waals surface area (Å²) in [6, 6.07) is 8.59. The van der Waals surface area contributed by atoms with Gasteiger partial charge in [0.1, 0.15) is 0 Å². The number of amides is 1. The van der Waals surface area contributed by atoms with Crippen LogP contribution in [0.5, 0.6) is 0 Å². The summed E-state index contributed by atoms with van der Waals surface area (Å²) < 4.78 is 26.1. The summed E-state index contributed by atoms with van der Waals surface area (Å²) in [5.41, 5.74) is 1.01. The van der Waals surface area contributed by atoms with Crippen LogP contribution in [-0.2, 0) is 11.2 Å². The number of carbonyl (C=O) groups is 1. The lowest BCUT2D eigenvalue weighted by atomic mass is 10.1. The Kier molecular flexibility index (Phi) is 5.00. The Balaban J connectivity index is 1.98. The number of nitro benzene ring substituents is 1. The molecule has 0 heterocycles. The number of carbonyl (C=O) groups excluding carboxylic acids is 1. The van der Waals surface area contributed by atoms with Crippen molar-refractivity contribution in [2.24, 2.45) is 0 Å². The minimum absolute atomic E-state index is 0.0337. The van der Waals surface area contributed by atoms with E-state index in [-0.39, 0.29) is 18.0 Å². The fourth-order valence-electron chi connectivity index (χ4n) is 2.08. The van der Waals surface area contributed by atoms with Gasteiger partial charge in [0.15, 0.2) is 11.6 Å². The van der Waals surface area contributed by atoms with Crippen molar-refractivity contribution >= 4 is 11.6 Å².